The molecule has 0 saturated carbocycles. The normalized spacial score (nSPS) is 26.9. The van der Waals surface area contributed by atoms with E-state index in [4.69, 9.17) is 13.9 Å². The molecule has 4 rings (SSSR count). The number of hydrogen-bond acceptors (Lipinski definition) is 6. The quantitative estimate of drug-likeness (QED) is 0.832. The second kappa shape index (κ2) is 6.61. The van der Waals surface area contributed by atoms with Crippen molar-refractivity contribution in [3.05, 3.63) is 36.3 Å². The molecule has 25 heavy (non-hydrogen) atoms. The van der Waals surface area contributed by atoms with Gasteiger partial charge in [-0.2, -0.15) is 5.10 Å². The van der Waals surface area contributed by atoms with Gasteiger partial charge in [-0.25, -0.2) is 4.98 Å². The van der Waals surface area contributed by atoms with Crippen LogP contribution in [0, 0.1) is 6.92 Å². The topological polar surface area (TPSA) is 82.6 Å². The molecule has 2 aliphatic rings. The van der Waals surface area contributed by atoms with Crippen LogP contribution >= 0.6 is 0 Å². The monoisotopic (exact) mass is 346 g/mol. The molecular weight excluding hydrogens is 324 g/mol. The Morgan fingerprint density at radius 1 is 1.48 bits per heavy atom. The second-order valence-corrected chi connectivity index (χ2v) is 6.75. The number of carbonyl (C=O) groups excluding carboxylic acids is 1. The summed E-state index contributed by atoms with van der Waals surface area (Å²) in [6.07, 6.45) is 6.59. The Kier molecular flexibility index (Phi) is 4.30. The fraction of sp³-hybridized carbons (Fsp3) is 0.588. The van der Waals surface area contributed by atoms with Gasteiger partial charge in [0.1, 0.15) is 24.0 Å². The van der Waals surface area contributed by atoms with Crippen molar-refractivity contribution in [2.45, 2.75) is 38.0 Å². The summed E-state index contributed by atoms with van der Waals surface area (Å²) in [6, 6.07) is 1.72. The third-order valence-corrected chi connectivity index (χ3v) is 4.92. The first-order valence-electron chi connectivity index (χ1n) is 8.57. The molecule has 1 spiro atoms. The summed E-state index contributed by atoms with van der Waals surface area (Å²) in [4.78, 5) is 18.6. The lowest BCUT2D eigenvalue weighted by atomic mass is 9.99. The van der Waals surface area contributed by atoms with Crippen molar-refractivity contribution in [2.24, 2.45) is 0 Å². The number of aromatic nitrogens is 3. The minimum Gasteiger partial charge on any atom is -0.469 e. The number of rotatable bonds is 3. The van der Waals surface area contributed by atoms with Gasteiger partial charge in [0.05, 0.1) is 44.2 Å². The smallest absolute Gasteiger partial charge is 0.257 e. The molecule has 0 radical (unpaired) electrons. The van der Waals surface area contributed by atoms with E-state index >= 15 is 0 Å². The van der Waals surface area contributed by atoms with Gasteiger partial charge in [0.2, 0.25) is 0 Å². The first-order chi connectivity index (χ1) is 12.2. The highest BCUT2D eigenvalue weighted by Crippen LogP contribution is 2.34. The molecule has 1 amide bonds. The van der Waals surface area contributed by atoms with Gasteiger partial charge in [0.15, 0.2) is 0 Å². The molecule has 0 unspecified atom stereocenters. The number of ether oxygens (including phenoxy) is 2. The lowest BCUT2D eigenvalue weighted by Gasteiger charge is -2.32. The third-order valence-electron chi connectivity index (χ3n) is 4.92. The summed E-state index contributed by atoms with van der Waals surface area (Å²) in [5.41, 5.74) is 0.156. The zero-order valence-corrected chi connectivity index (χ0v) is 14.3. The van der Waals surface area contributed by atoms with Gasteiger partial charge in [0, 0.05) is 6.54 Å². The number of amides is 1. The van der Waals surface area contributed by atoms with Gasteiger partial charge < -0.3 is 18.8 Å². The lowest BCUT2D eigenvalue weighted by molar-refractivity contribution is -0.0881. The van der Waals surface area contributed by atoms with Crippen LogP contribution in [-0.4, -0.2) is 63.6 Å². The summed E-state index contributed by atoms with van der Waals surface area (Å²) >= 11 is 0. The Morgan fingerprint density at radius 2 is 2.40 bits per heavy atom. The second-order valence-electron chi connectivity index (χ2n) is 6.75. The number of carbonyl (C=O) groups is 1. The number of hydrogen-bond donors (Lipinski definition) is 0. The van der Waals surface area contributed by atoms with Crippen LogP contribution in [0.2, 0.25) is 0 Å². The molecule has 2 aliphatic heterocycles. The summed E-state index contributed by atoms with van der Waals surface area (Å²) in [7, 11) is 0. The molecule has 2 fully saturated rings. The largest absolute Gasteiger partial charge is 0.469 e. The van der Waals surface area contributed by atoms with Crippen LogP contribution in [0.5, 0.6) is 0 Å². The van der Waals surface area contributed by atoms with Crippen LogP contribution in [-0.2, 0) is 16.0 Å². The molecule has 0 bridgehead atoms. The predicted molar refractivity (Wildman–Crippen MR) is 87.0 cm³/mol. The van der Waals surface area contributed by atoms with Crippen molar-refractivity contribution >= 4 is 5.91 Å². The van der Waals surface area contributed by atoms with Gasteiger partial charge in [-0.05, 0) is 25.8 Å². The molecule has 2 aromatic heterocycles. The molecule has 8 nitrogen and oxygen atoms in total. The molecule has 2 atom stereocenters. The van der Waals surface area contributed by atoms with Gasteiger partial charge >= 0.3 is 0 Å². The van der Waals surface area contributed by atoms with Gasteiger partial charge in [-0.1, -0.05) is 0 Å². The maximum atomic E-state index is 12.8. The van der Waals surface area contributed by atoms with Crippen molar-refractivity contribution < 1.29 is 18.7 Å². The van der Waals surface area contributed by atoms with Gasteiger partial charge in [-0.3, -0.25) is 9.48 Å². The molecular formula is C17H22N4O4. The van der Waals surface area contributed by atoms with E-state index in [1.807, 2.05) is 4.90 Å². The van der Waals surface area contributed by atoms with Crippen LogP contribution in [0.3, 0.4) is 0 Å². The Balaban J connectivity index is 1.46. The Morgan fingerprint density at radius 3 is 3.16 bits per heavy atom. The van der Waals surface area contributed by atoms with E-state index in [0.717, 1.165) is 12.8 Å². The molecule has 134 valence electrons. The lowest BCUT2D eigenvalue weighted by Crippen LogP contribution is -2.47. The average molecular weight is 346 g/mol. The first-order valence-corrected chi connectivity index (χ1v) is 8.57. The molecule has 0 aliphatic carbocycles. The maximum absolute atomic E-state index is 12.8. The van der Waals surface area contributed by atoms with Crippen LogP contribution in [0.15, 0.2) is 29.4 Å². The SMILES string of the molecule is Cc1occc1C(=O)N1CCOC[C@@]2(CC[C@H](Cn3cncn3)O2)C1. The molecule has 2 aromatic rings. The number of nitrogens with zero attached hydrogens (tertiary/aromatic N) is 4. The zero-order chi connectivity index (χ0) is 17.3. The Hall–Kier alpha value is -2.19. The maximum Gasteiger partial charge on any atom is 0.257 e. The summed E-state index contributed by atoms with van der Waals surface area (Å²) in [5, 5.41) is 4.14. The predicted octanol–water partition coefficient (Wildman–Crippen LogP) is 1.27. The van der Waals surface area contributed by atoms with E-state index in [0.29, 0.717) is 44.2 Å². The molecule has 0 N–H and O–H groups in total. The average Bonchev–Trinajstić information content (AvgIpc) is 3.30. The van der Waals surface area contributed by atoms with Crippen LogP contribution in [0.1, 0.15) is 29.0 Å². The minimum atomic E-state index is -0.449. The Labute approximate surface area is 145 Å². The van der Waals surface area contributed by atoms with Crippen LogP contribution in [0.25, 0.3) is 0 Å². The van der Waals surface area contributed by atoms with Crippen molar-refractivity contribution in [3.63, 3.8) is 0 Å². The number of furan rings is 1. The highest BCUT2D eigenvalue weighted by molar-refractivity contribution is 5.95. The van der Waals surface area contributed by atoms with Crippen molar-refractivity contribution in [3.8, 4) is 0 Å². The van der Waals surface area contributed by atoms with Crippen molar-refractivity contribution in [1.29, 1.82) is 0 Å². The summed E-state index contributed by atoms with van der Waals surface area (Å²) in [6.45, 7) is 4.58. The van der Waals surface area contributed by atoms with Gasteiger partial charge in [-0.15, -0.1) is 0 Å². The minimum absolute atomic E-state index is 0.0283. The molecule has 8 heteroatoms. The standard InChI is InChI=1S/C17H22N4O4/c1-13-15(3-6-24-13)16(22)20-5-7-23-10-17(9-20)4-2-14(25-17)8-21-12-18-11-19-21/h3,6,11-12,14H,2,4-5,7-10H2,1H3/t14-,17-/m1/s1. The highest BCUT2D eigenvalue weighted by atomic mass is 16.6. The molecule has 4 heterocycles. The van der Waals surface area contributed by atoms with Gasteiger partial charge in [0.25, 0.3) is 5.91 Å². The Bertz CT molecular complexity index is 729. The van der Waals surface area contributed by atoms with E-state index in [-0.39, 0.29) is 12.0 Å². The zero-order valence-electron chi connectivity index (χ0n) is 14.3. The van der Waals surface area contributed by atoms with Crippen LogP contribution in [0.4, 0.5) is 0 Å². The summed E-state index contributed by atoms with van der Waals surface area (Å²) < 4.78 is 19.2. The highest BCUT2D eigenvalue weighted by Gasteiger charge is 2.44. The third kappa shape index (κ3) is 3.32. The van der Waals surface area contributed by atoms with E-state index < -0.39 is 5.60 Å². The van der Waals surface area contributed by atoms with E-state index in [2.05, 4.69) is 10.1 Å². The molecule has 0 aromatic carbocycles. The van der Waals surface area contributed by atoms with Crippen LogP contribution < -0.4 is 0 Å². The van der Waals surface area contributed by atoms with Crippen molar-refractivity contribution in [1.82, 2.24) is 19.7 Å². The molecule has 2 saturated heterocycles. The first kappa shape index (κ1) is 16.3. The van der Waals surface area contributed by atoms with E-state index in [9.17, 15) is 4.79 Å². The fourth-order valence-electron chi connectivity index (χ4n) is 3.64. The van der Waals surface area contributed by atoms with E-state index in [1.54, 1.807) is 30.3 Å². The summed E-state index contributed by atoms with van der Waals surface area (Å²) in [5.74, 6) is 0.611. The van der Waals surface area contributed by atoms with E-state index in [1.165, 1.54) is 6.33 Å². The van der Waals surface area contributed by atoms with Crippen molar-refractivity contribution in [2.75, 3.05) is 26.3 Å². The fourth-order valence-corrected chi connectivity index (χ4v) is 3.64. The number of aryl methyl sites for hydroxylation is 1.